The van der Waals surface area contributed by atoms with Crippen molar-refractivity contribution in [2.24, 2.45) is 0 Å². The molecule has 6 aromatic rings. The van der Waals surface area contributed by atoms with Gasteiger partial charge in [0.15, 0.2) is 0 Å². The molecule has 0 spiro atoms. The molecule has 0 atom stereocenters. The minimum Gasteiger partial charge on any atom is -0.510 e. The molecule has 0 radical (unpaired) electrons. The Morgan fingerprint density at radius 1 is 0.850 bits per heavy atom. The SMILES string of the molecule is [C-]#[N+]c1cc(Oc2[c-]c3c(cc2)c2ccccc2n3-c2cccc(C)n2)[c-]c(N2[CH-]N(C)c3ccccc32)c1.[Pt]. The average molecular weight is 700 g/mol. The van der Waals surface area contributed by atoms with Gasteiger partial charge in [-0.3, -0.25) is 4.85 Å². The summed E-state index contributed by atoms with van der Waals surface area (Å²) in [6.07, 6.45) is 0. The normalized spacial score (nSPS) is 12.3. The molecule has 7 rings (SSSR count). The zero-order valence-electron chi connectivity index (χ0n) is 21.7. The maximum absolute atomic E-state index is 7.68. The number of fused-ring (bicyclic) bond motifs is 4. The number of nitrogens with zero attached hydrogens (tertiary/aromatic N) is 5. The predicted molar refractivity (Wildman–Crippen MR) is 155 cm³/mol. The van der Waals surface area contributed by atoms with Crippen LogP contribution in [0.1, 0.15) is 5.69 Å². The zero-order chi connectivity index (χ0) is 26.5. The molecule has 0 amide bonds. The first-order valence-corrected chi connectivity index (χ1v) is 12.6. The van der Waals surface area contributed by atoms with Gasteiger partial charge in [-0.2, -0.15) is 12.7 Å². The summed E-state index contributed by atoms with van der Waals surface area (Å²) in [6.45, 7) is 11.7. The molecule has 0 saturated carbocycles. The van der Waals surface area contributed by atoms with Crippen molar-refractivity contribution in [2.45, 2.75) is 6.92 Å². The molecule has 198 valence electrons. The molecule has 0 saturated heterocycles. The first kappa shape index (κ1) is 25.7. The van der Waals surface area contributed by atoms with Gasteiger partial charge in [-0.1, -0.05) is 41.9 Å². The molecule has 2 aromatic heterocycles. The minimum absolute atomic E-state index is 0. The number of benzene rings is 4. The molecule has 1 aliphatic heterocycles. The van der Waals surface area contributed by atoms with Gasteiger partial charge in [0.2, 0.25) is 0 Å². The number of aromatic nitrogens is 2. The quantitative estimate of drug-likeness (QED) is 0.174. The van der Waals surface area contributed by atoms with Gasteiger partial charge in [-0.15, -0.1) is 41.4 Å². The molecule has 7 heteroatoms. The Hall–Kier alpha value is -4.59. The van der Waals surface area contributed by atoms with Crippen molar-refractivity contribution in [3.8, 4) is 17.3 Å². The zero-order valence-corrected chi connectivity index (χ0v) is 24.0. The predicted octanol–water partition coefficient (Wildman–Crippen LogP) is 8.14. The maximum Gasteiger partial charge on any atom is 0.135 e. The van der Waals surface area contributed by atoms with E-state index in [9.17, 15) is 0 Å². The maximum atomic E-state index is 7.68. The van der Waals surface area contributed by atoms with Crippen LogP contribution in [0.2, 0.25) is 0 Å². The summed E-state index contributed by atoms with van der Waals surface area (Å²) in [5, 5.41) is 2.18. The minimum atomic E-state index is 0. The molecule has 0 fully saturated rings. The second-order valence-electron chi connectivity index (χ2n) is 9.46. The van der Waals surface area contributed by atoms with Crippen LogP contribution in [-0.2, 0) is 21.1 Å². The van der Waals surface area contributed by atoms with Gasteiger partial charge in [-0.05, 0) is 49.7 Å². The fourth-order valence-corrected chi connectivity index (χ4v) is 5.16. The van der Waals surface area contributed by atoms with Gasteiger partial charge < -0.3 is 19.1 Å². The number of pyridine rings is 1. The summed E-state index contributed by atoms with van der Waals surface area (Å²) in [6, 6.07) is 36.7. The fourth-order valence-electron chi connectivity index (χ4n) is 5.16. The standard InChI is InChI=1S/C33H22N5O.Pt/c1-22-9-8-14-33(35-22)38-29-11-5-4-10-27(29)28-16-15-25(20-32(28)38)39-26-18-23(34-2)17-24(19-26)37-21-36(3)30-12-6-7-13-31(30)37;/h4-18,21H,1,3H3;/q-3;. The van der Waals surface area contributed by atoms with Crippen LogP contribution in [0.3, 0.4) is 0 Å². The smallest absolute Gasteiger partial charge is 0.135 e. The number of para-hydroxylation sites is 3. The molecule has 1 aliphatic rings. The number of rotatable bonds is 4. The number of anilines is 3. The van der Waals surface area contributed by atoms with Crippen LogP contribution in [0.15, 0.2) is 91.0 Å². The topological polar surface area (TPSA) is 37.9 Å². The first-order valence-electron chi connectivity index (χ1n) is 12.6. The van der Waals surface area contributed by atoms with E-state index in [1.54, 1.807) is 6.07 Å². The summed E-state index contributed by atoms with van der Waals surface area (Å²) in [5.41, 5.74) is 6.17. The molecule has 4 aromatic carbocycles. The Labute approximate surface area is 247 Å². The van der Waals surface area contributed by atoms with Crippen LogP contribution in [0.5, 0.6) is 11.5 Å². The monoisotopic (exact) mass is 699 g/mol. The molecular weight excluding hydrogens is 677 g/mol. The van der Waals surface area contributed by atoms with Gasteiger partial charge in [0.05, 0.1) is 12.3 Å². The Kier molecular flexibility index (Phi) is 6.54. The second-order valence-corrected chi connectivity index (χ2v) is 9.46. The van der Waals surface area contributed by atoms with Crippen LogP contribution >= 0.6 is 0 Å². The third-order valence-corrected chi connectivity index (χ3v) is 6.89. The van der Waals surface area contributed by atoms with Gasteiger partial charge in [0, 0.05) is 55.1 Å². The number of ether oxygens (including phenoxy) is 1. The largest absolute Gasteiger partial charge is 0.510 e. The average Bonchev–Trinajstić information content (AvgIpc) is 3.47. The second kappa shape index (κ2) is 10.2. The molecule has 0 aliphatic carbocycles. The Morgan fingerprint density at radius 2 is 1.65 bits per heavy atom. The van der Waals surface area contributed by atoms with Crippen LogP contribution in [-0.4, -0.2) is 16.6 Å². The van der Waals surface area contributed by atoms with Crippen molar-refractivity contribution in [3.63, 3.8) is 0 Å². The van der Waals surface area contributed by atoms with E-state index >= 15 is 0 Å². The van der Waals surface area contributed by atoms with Crippen LogP contribution in [0.25, 0.3) is 32.5 Å². The summed E-state index contributed by atoms with van der Waals surface area (Å²) >= 11 is 0. The Balaban J connectivity index is 0.00000289. The Bertz CT molecular complexity index is 1940. The van der Waals surface area contributed by atoms with Crippen molar-refractivity contribution in [1.29, 1.82) is 0 Å². The van der Waals surface area contributed by atoms with Crippen LogP contribution in [0.4, 0.5) is 22.7 Å². The first-order chi connectivity index (χ1) is 19.1. The molecule has 0 unspecified atom stereocenters. The van der Waals surface area contributed by atoms with Crippen LogP contribution < -0.4 is 14.5 Å². The fraction of sp³-hybridized carbons (Fsp3) is 0.0606. The van der Waals surface area contributed by atoms with E-state index in [0.29, 0.717) is 17.2 Å². The van der Waals surface area contributed by atoms with E-state index in [4.69, 9.17) is 16.3 Å². The van der Waals surface area contributed by atoms with Crippen molar-refractivity contribution >= 4 is 44.6 Å². The van der Waals surface area contributed by atoms with E-state index in [1.165, 1.54) is 0 Å². The summed E-state index contributed by atoms with van der Waals surface area (Å²) in [7, 11) is 2.00. The third kappa shape index (κ3) is 4.29. The van der Waals surface area contributed by atoms with Gasteiger partial charge in [0.25, 0.3) is 0 Å². The van der Waals surface area contributed by atoms with Crippen molar-refractivity contribution in [3.05, 3.63) is 127 Å². The van der Waals surface area contributed by atoms with Crippen LogP contribution in [0, 0.1) is 32.3 Å². The number of hydrogen-bond donors (Lipinski definition) is 0. The molecular formula is C33H22N5OPt-3. The Morgan fingerprint density at radius 3 is 2.48 bits per heavy atom. The van der Waals surface area contributed by atoms with E-state index in [2.05, 4.69) is 45.8 Å². The third-order valence-electron chi connectivity index (χ3n) is 6.89. The number of aryl methyl sites for hydroxylation is 1. The van der Waals surface area contributed by atoms with Crippen molar-refractivity contribution in [2.75, 3.05) is 16.8 Å². The van der Waals surface area contributed by atoms with E-state index in [0.717, 1.165) is 50.4 Å². The number of hydrogen-bond acceptors (Lipinski definition) is 4. The van der Waals surface area contributed by atoms with Gasteiger partial charge >= 0.3 is 0 Å². The summed E-state index contributed by atoms with van der Waals surface area (Å²) in [4.78, 5) is 12.5. The molecule has 6 nitrogen and oxygen atoms in total. The van der Waals surface area contributed by atoms with Crippen molar-refractivity contribution in [1.82, 2.24) is 9.55 Å². The molecule has 40 heavy (non-hydrogen) atoms. The van der Waals surface area contributed by atoms with Crippen molar-refractivity contribution < 1.29 is 25.8 Å². The van der Waals surface area contributed by atoms with E-state index in [-0.39, 0.29) is 21.1 Å². The van der Waals surface area contributed by atoms with E-state index < -0.39 is 0 Å². The summed E-state index contributed by atoms with van der Waals surface area (Å²) < 4.78 is 8.42. The molecule has 0 N–H and O–H groups in total. The van der Waals surface area contributed by atoms with Gasteiger partial charge in [-0.25, -0.2) is 4.98 Å². The molecule has 3 heterocycles. The van der Waals surface area contributed by atoms with E-state index in [1.807, 2.05) is 91.1 Å². The van der Waals surface area contributed by atoms with Gasteiger partial charge in [0.1, 0.15) is 5.82 Å². The summed E-state index contributed by atoms with van der Waals surface area (Å²) in [5.74, 6) is 1.81. The molecule has 0 bridgehead atoms.